The highest BCUT2D eigenvalue weighted by atomic mass is 127. The first-order valence-corrected chi connectivity index (χ1v) is 8.46. The lowest BCUT2D eigenvalue weighted by molar-refractivity contribution is -0.00800. The molecule has 2 heterocycles. The van der Waals surface area contributed by atoms with E-state index in [0.717, 1.165) is 36.6 Å². The van der Waals surface area contributed by atoms with Crippen LogP contribution in [0, 0.1) is 5.82 Å². The van der Waals surface area contributed by atoms with Gasteiger partial charge in [-0.05, 0) is 24.1 Å². The molecular weight excluding hydrogens is 448 g/mol. The van der Waals surface area contributed by atoms with Gasteiger partial charge in [-0.1, -0.05) is 12.1 Å². The van der Waals surface area contributed by atoms with Crippen LogP contribution in [0.15, 0.2) is 41.7 Å². The van der Waals surface area contributed by atoms with Crippen molar-refractivity contribution in [2.24, 2.45) is 12.0 Å². The highest BCUT2D eigenvalue weighted by Crippen LogP contribution is 2.21. The summed E-state index contributed by atoms with van der Waals surface area (Å²) in [6.07, 6.45) is 4.56. The highest BCUT2D eigenvalue weighted by Gasteiger charge is 2.24. The molecular formula is C18H25FIN5O. The van der Waals surface area contributed by atoms with Crippen LogP contribution in [0.3, 0.4) is 0 Å². The molecule has 1 unspecified atom stereocenters. The lowest BCUT2D eigenvalue weighted by Gasteiger charge is -2.34. The fraction of sp³-hybridized carbons (Fsp3) is 0.444. The molecule has 1 atom stereocenters. The summed E-state index contributed by atoms with van der Waals surface area (Å²) in [6.45, 7) is 2.86. The smallest absolute Gasteiger partial charge is 0.193 e. The molecule has 1 aliphatic heterocycles. The number of ether oxygens (including phenoxy) is 1. The fourth-order valence-corrected chi connectivity index (χ4v) is 2.99. The third-order valence-electron chi connectivity index (χ3n) is 4.26. The van der Waals surface area contributed by atoms with Gasteiger partial charge in [-0.15, -0.1) is 24.0 Å². The molecule has 1 saturated heterocycles. The summed E-state index contributed by atoms with van der Waals surface area (Å²) in [5, 5.41) is 7.58. The van der Waals surface area contributed by atoms with E-state index in [9.17, 15) is 4.39 Å². The van der Waals surface area contributed by atoms with Crippen LogP contribution in [0.25, 0.3) is 0 Å². The second-order valence-corrected chi connectivity index (χ2v) is 6.11. The van der Waals surface area contributed by atoms with Gasteiger partial charge in [-0.2, -0.15) is 5.10 Å². The number of hydrogen-bond acceptors (Lipinski definition) is 3. The number of benzene rings is 1. The Kier molecular flexibility index (Phi) is 7.83. The molecule has 26 heavy (non-hydrogen) atoms. The number of rotatable bonds is 4. The number of aromatic nitrogens is 2. The normalized spacial score (nSPS) is 17.7. The zero-order valence-electron chi connectivity index (χ0n) is 15.1. The Hall–Kier alpha value is -1.68. The first kappa shape index (κ1) is 20.6. The van der Waals surface area contributed by atoms with E-state index in [0.29, 0.717) is 13.2 Å². The van der Waals surface area contributed by atoms with Gasteiger partial charge in [-0.3, -0.25) is 9.67 Å². The van der Waals surface area contributed by atoms with Crippen LogP contribution >= 0.6 is 24.0 Å². The molecule has 1 aromatic carbocycles. The van der Waals surface area contributed by atoms with Gasteiger partial charge >= 0.3 is 0 Å². The van der Waals surface area contributed by atoms with E-state index in [1.165, 1.54) is 6.07 Å². The van der Waals surface area contributed by atoms with Gasteiger partial charge in [0.1, 0.15) is 11.9 Å². The summed E-state index contributed by atoms with van der Waals surface area (Å²) >= 11 is 0. The van der Waals surface area contributed by atoms with Gasteiger partial charge in [0.2, 0.25) is 0 Å². The molecule has 1 aliphatic rings. The van der Waals surface area contributed by atoms with Crippen LogP contribution in [-0.4, -0.2) is 53.9 Å². The predicted molar refractivity (Wildman–Crippen MR) is 110 cm³/mol. The minimum atomic E-state index is -0.200. The van der Waals surface area contributed by atoms with Crippen LogP contribution < -0.4 is 5.32 Å². The molecule has 6 nitrogen and oxygen atoms in total. The van der Waals surface area contributed by atoms with E-state index < -0.39 is 0 Å². The van der Waals surface area contributed by atoms with Crippen molar-refractivity contribution >= 4 is 29.9 Å². The molecule has 2 aromatic rings. The van der Waals surface area contributed by atoms with E-state index >= 15 is 0 Å². The summed E-state index contributed by atoms with van der Waals surface area (Å²) < 4.78 is 20.9. The van der Waals surface area contributed by atoms with Crippen molar-refractivity contribution in [1.82, 2.24) is 20.0 Å². The number of nitrogens with zero attached hydrogens (tertiary/aromatic N) is 4. The Balaban J connectivity index is 0.00000243. The number of guanidine groups is 1. The Morgan fingerprint density at radius 1 is 1.46 bits per heavy atom. The summed E-state index contributed by atoms with van der Waals surface area (Å²) in [5.41, 5.74) is 2.04. The lowest BCUT2D eigenvalue weighted by Crippen LogP contribution is -2.48. The Morgan fingerprint density at radius 3 is 3.00 bits per heavy atom. The lowest BCUT2D eigenvalue weighted by atomic mass is 10.1. The van der Waals surface area contributed by atoms with E-state index in [1.807, 2.05) is 25.5 Å². The molecule has 142 valence electrons. The molecule has 1 fully saturated rings. The third-order valence-corrected chi connectivity index (χ3v) is 4.26. The number of aryl methyl sites for hydroxylation is 1. The van der Waals surface area contributed by atoms with Crippen molar-refractivity contribution in [1.29, 1.82) is 0 Å². The van der Waals surface area contributed by atoms with Crippen molar-refractivity contribution in [2.45, 2.75) is 12.5 Å². The van der Waals surface area contributed by atoms with Crippen molar-refractivity contribution in [3.63, 3.8) is 0 Å². The second-order valence-electron chi connectivity index (χ2n) is 6.11. The third kappa shape index (κ3) is 5.41. The van der Waals surface area contributed by atoms with Gasteiger partial charge in [0.05, 0.1) is 19.3 Å². The molecule has 3 rings (SSSR count). The Bertz CT molecular complexity index is 736. The minimum absolute atomic E-state index is 0. The van der Waals surface area contributed by atoms with E-state index in [1.54, 1.807) is 23.9 Å². The van der Waals surface area contributed by atoms with E-state index in [4.69, 9.17) is 4.74 Å². The van der Waals surface area contributed by atoms with Gasteiger partial charge in [0.15, 0.2) is 5.96 Å². The summed E-state index contributed by atoms with van der Waals surface area (Å²) in [5.74, 6) is 0.642. The largest absolute Gasteiger partial charge is 0.370 e. The van der Waals surface area contributed by atoms with Crippen LogP contribution in [-0.2, 0) is 18.2 Å². The Morgan fingerprint density at radius 2 is 2.31 bits per heavy atom. The Labute approximate surface area is 170 Å². The molecule has 1 N–H and O–H groups in total. The predicted octanol–water partition coefficient (Wildman–Crippen LogP) is 2.37. The average molecular weight is 473 g/mol. The van der Waals surface area contributed by atoms with Gasteiger partial charge in [0.25, 0.3) is 0 Å². The monoisotopic (exact) mass is 473 g/mol. The van der Waals surface area contributed by atoms with Crippen LogP contribution in [0.2, 0.25) is 0 Å². The highest BCUT2D eigenvalue weighted by molar-refractivity contribution is 14.0. The van der Waals surface area contributed by atoms with Crippen LogP contribution in [0.4, 0.5) is 4.39 Å². The molecule has 1 aromatic heterocycles. The first-order valence-electron chi connectivity index (χ1n) is 8.46. The zero-order valence-corrected chi connectivity index (χ0v) is 17.4. The van der Waals surface area contributed by atoms with Crippen molar-refractivity contribution in [2.75, 3.05) is 33.3 Å². The van der Waals surface area contributed by atoms with Crippen LogP contribution in [0.1, 0.15) is 17.2 Å². The maximum absolute atomic E-state index is 13.2. The molecule has 0 amide bonds. The maximum atomic E-state index is 13.2. The molecule has 0 saturated carbocycles. The second kappa shape index (κ2) is 9.86. The number of hydrogen-bond donors (Lipinski definition) is 1. The van der Waals surface area contributed by atoms with Gasteiger partial charge < -0.3 is 15.0 Å². The zero-order chi connectivity index (χ0) is 17.6. The van der Waals surface area contributed by atoms with E-state index in [-0.39, 0.29) is 35.9 Å². The average Bonchev–Trinajstić information content (AvgIpc) is 3.05. The maximum Gasteiger partial charge on any atom is 0.193 e. The number of aliphatic imine (C=N–C) groups is 1. The molecule has 8 heteroatoms. The molecule has 0 bridgehead atoms. The van der Waals surface area contributed by atoms with E-state index in [2.05, 4.69) is 20.3 Å². The van der Waals surface area contributed by atoms with Crippen molar-refractivity contribution in [3.05, 3.63) is 53.6 Å². The van der Waals surface area contributed by atoms with Gasteiger partial charge in [0, 0.05) is 38.9 Å². The standard InChI is InChI=1S/C18H24FN5O.HI/c1-20-18(21-7-6-14-4-3-5-16(19)10-14)24-8-9-25-17(13-24)15-11-22-23(2)12-15;/h3-5,10-12,17H,6-9,13H2,1-2H3,(H,20,21);1H. The SMILES string of the molecule is CN=C(NCCc1cccc(F)c1)N1CCOC(c2cnn(C)c2)C1.I. The van der Waals surface area contributed by atoms with Crippen molar-refractivity contribution in [3.8, 4) is 0 Å². The molecule has 0 spiro atoms. The first-order chi connectivity index (χ1) is 12.2. The molecule has 0 radical (unpaired) electrons. The number of halogens is 2. The molecule has 0 aliphatic carbocycles. The fourth-order valence-electron chi connectivity index (χ4n) is 2.99. The topological polar surface area (TPSA) is 54.7 Å². The minimum Gasteiger partial charge on any atom is -0.370 e. The number of nitrogens with one attached hydrogen (secondary N) is 1. The summed E-state index contributed by atoms with van der Waals surface area (Å²) in [4.78, 5) is 6.56. The van der Waals surface area contributed by atoms with Crippen molar-refractivity contribution < 1.29 is 9.13 Å². The quantitative estimate of drug-likeness (QED) is 0.421. The number of morpholine rings is 1. The summed E-state index contributed by atoms with van der Waals surface area (Å²) in [6, 6.07) is 6.69. The van der Waals surface area contributed by atoms with Crippen LogP contribution in [0.5, 0.6) is 0 Å². The summed E-state index contributed by atoms with van der Waals surface area (Å²) in [7, 11) is 3.68. The van der Waals surface area contributed by atoms with Gasteiger partial charge in [-0.25, -0.2) is 4.39 Å².